The van der Waals surface area contributed by atoms with Gasteiger partial charge >= 0.3 is 0 Å². The Hall–Kier alpha value is -4.22. The Bertz CT molecular complexity index is 2190. The fourth-order valence-electron chi connectivity index (χ4n) is 4.86. The first kappa shape index (κ1) is 28.9. The lowest BCUT2D eigenvalue weighted by Crippen LogP contribution is -2.39. The van der Waals surface area contributed by atoms with Crippen LogP contribution in [0.5, 0.6) is 0 Å². The Morgan fingerprint density at radius 2 is 1.74 bits per heavy atom. The highest BCUT2D eigenvalue weighted by molar-refractivity contribution is 7.07. The topological polar surface area (TPSA) is 121 Å². The lowest BCUT2D eigenvalue weighted by Gasteiger charge is -2.22. The fraction of sp³-hybridized carbons (Fsp3) is 0.100. The molecule has 216 valence electrons. The molecule has 0 spiro atoms. The van der Waals surface area contributed by atoms with E-state index >= 15 is 0 Å². The van der Waals surface area contributed by atoms with Crippen molar-refractivity contribution >= 4 is 63.7 Å². The molecule has 6 rings (SSSR count). The number of non-ortho nitro benzene ring substituents is 1. The zero-order valence-electron chi connectivity index (χ0n) is 22.3. The Morgan fingerprint density at radius 3 is 2.47 bits per heavy atom. The number of carbonyl (C=O) groups is 1. The van der Waals surface area contributed by atoms with Crippen LogP contribution >= 0.6 is 46.1 Å². The first-order valence-electron chi connectivity index (χ1n) is 12.6. The average molecular weight is 655 g/mol. The van der Waals surface area contributed by atoms with Gasteiger partial charge in [0.2, 0.25) is 0 Å². The summed E-state index contributed by atoms with van der Waals surface area (Å²) in [5.74, 6) is 1.22. The molecule has 0 fully saturated rings. The van der Waals surface area contributed by atoms with Gasteiger partial charge in [-0.25, -0.2) is 4.99 Å². The molecular formula is C30H18Cl3N3O6S. The molecule has 13 heteroatoms. The first-order chi connectivity index (χ1) is 20.5. The number of nitro benzene ring substituents is 1. The Morgan fingerprint density at radius 1 is 1.00 bits per heavy atom. The molecule has 2 aromatic carbocycles. The molecule has 0 saturated heterocycles. The first-order valence-corrected chi connectivity index (χ1v) is 14.6. The summed E-state index contributed by atoms with van der Waals surface area (Å²) in [7, 11) is 0. The molecule has 0 aliphatic carbocycles. The minimum absolute atomic E-state index is 0.137. The molecule has 0 amide bonds. The summed E-state index contributed by atoms with van der Waals surface area (Å²) >= 11 is 19.7. The molecule has 0 radical (unpaired) electrons. The highest BCUT2D eigenvalue weighted by Gasteiger charge is 2.33. The van der Waals surface area contributed by atoms with Crippen molar-refractivity contribution in [1.82, 2.24) is 4.57 Å². The number of fused-ring (bicyclic) bond motifs is 1. The zero-order valence-corrected chi connectivity index (χ0v) is 25.3. The number of hydrogen-bond donors (Lipinski definition) is 0. The number of benzene rings is 2. The van der Waals surface area contributed by atoms with E-state index in [2.05, 4.69) is 4.99 Å². The van der Waals surface area contributed by atoms with Crippen LogP contribution in [-0.4, -0.2) is 15.3 Å². The van der Waals surface area contributed by atoms with Gasteiger partial charge in [-0.2, -0.15) is 0 Å². The van der Waals surface area contributed by atoms with Crippen LogP contribution in [-0.2, 0) is 4.79 Å². The van der Waals surface area contributed by atoms with E-state index in [1.807, 2.05) is 0 Å². The van der Waals surface area contributed by atoms with Crippen LogP contribution in [0, 0.1) is 10.1 Å². The standard InChI is InChI=1S/C30H18Cl3N3O6S/c1-14-27(15(2)37)28(25-10-9-23(42-25)16-3-6-21(32)22(33)11-16)35-29(38)26(43-30(35)34-14)13-18-5-8-24(41-18)19-12-17(36(39)40)4-7-20(19)31/h3-13,28H,1-2H3/b26-13+/t28-/m0/s1. The molecule has 1 aliphatic rings. The Kier molecular flexibility index (Phi) is 7.47. The van der Waals surface area contributed by atoms with Gasteiger partial charge in [-0.1, -0.05) is 46.1 Å². The maximum atomic E-state index is 13.8. The largest absolute Gasteiger partial charge is 0.458 e. The Labute approximate surface area is 261 Å². The van der Waals surface area contributed by atoms with Crippen molar-refractivity contribution in [2.75, 3.05) is 0 Å². The number of rotatable bonds is 6. The second-order valence-electron chi connectivity index (χ2n) is 9.59. The number of aromatic nitrogens is 1. The van der Waals surface area contributed by atoms with Gasteiger partial charge in [-0.3, -0.25) is 24.3 Å². The lowest BCUT2D eigenvalue weighted by atomic mass is 9.98. The number of nitro groups is 1. The van der Waals surface area contributed by atoms with Gasteiger partial charge in [-0.15, -0.1) is 0 Å². The third-order valence-electron chi connectivity index (χ3n) is 6.83. The van der Waals surface area contributed by atoms with E-state index in [9.17, 15) is 19.7 Å². The Balaban J connectivity index is 1.44. The van der Waals surface area contributed by atoms with E-state index < -0.39 is 16.5 Å². The van der Waals surface area contributed by atoms with Crippen molar-refractivity contribution in [2.24, 2.45) is 4.99 Å². The van der Waals surface area contributed by atoms with Gasteiger partial charge in [0.15, 0.2) is 10.6 Å². The number of halogens is 3. The number of hydrogen-bond acceptors (Lipinski definition) is 8. The normalized spacial score (nSPS) is 15.0. The van der Waals surface area contributed by atoms with Crippen LogP contribution in [0.1, 0.15) is 31.4 Å². The molecular weight excluding hydrogens is 637 g/mol. The molecule has 43 heavy (non-hydrogen) atoms. The van der Waals surface area contributed by atoms with Crippen LogP contribution in [0.15, 0.2) is 90.6 Å². The van der Waals surface area contributed by atoms with Crippen LogP contribution in [0.3, 0.4) is 0 Å². The van der Waals surface area contributed by atoms with E-state index in [4.69, 9.17) is 43.6 Å². The van der Waals surface area contributed by atoms with Crippen LogP contribution in [0.25, 0.3) is 28.7 Å². The summed E-state index contributed by atoms with van der Waals surface area (Å²) in [4.78, 5) is 42.3. The van der Waals surface area contributed by atoms with Crippen molar-refractivity contribution in [3.8, 4) is 22.6 Å². The molecule has 1 atom stereocenters. The van der Waals surface area contributed by atoms with Crippen molar-refractivity contribution in [3.63, 3.8) is 0 Å². The fourth-order valence-corrected chi connectivity index (χ4v) is 6.40. The number of ketones is 1. The van der Waals surface area contributed by atoms with Gasteiger partial charge in [-0.05, 0) is 62.4 Å². The average Bonchev–Trinajstić information content (AvgIpc) is 3.70. The second kappa shape index (κ2) is 11.1. The SMILES string of the molecule is CC(=O)C1=C(C)N=c2s/c(=C/c3ccc(-c4cc([N+](=O)[O-])ccc4Cl)o3)c(=O)n2[C@H]1c1ccc(-c2ccc(Cl)c(Cl)c2)o1. The number of carbonyl (C=O) groups excluding carboxylic acids is 1. The van der Waals surface area contributed by atoms with Crippen molar-refractivity contribution in [1.29, 1.82) is 0 Å². The van der Waals surface area contributed by atoms with E-state index in [1.165, 1.54) is 29.7 Å². The molecule has 5 aromatic rings. The highest BCUT2D eigenvalue weighted by atomic mass is 35.5. The zero-order chi connectivity index (χ0) is 30.6. The van der Waals surface area contributed by atoms with E-state index in [-0.39, 0.29) is 16.5 Å². The molecule has 9 nitrogen and oxygen atoms in total. The van der Waals surface area contributed by atoms with E-state index in [1.54, 1.807) is 55.5 Å². The third-order valence-corrected chi connectivity index (χ3v) is 8.88. The summed E-state index contributed by atoms with van der Waals surface area (Å²) in [5.41, 5.74) is 1.28. The molecule has 1 aliphatic heterocycles. The van der Waals surface area contributed by atoms with Crippen LogP contribution in [0.4, 0.5) is 5.69 Å². The molecule has 0 N–H and O–H groups in total. The van der Waals surface area contributed by atoms with Crippen molar-refractivity contribution in [2.45, 2.75) is 19.9 Å². The predicted molar refractivity (Wildman–Crippen MR) is 164 cm³/mol. The molecule has 0 saturated carbocycles. The molecule has 0 bridgehead atoms. The predicted octanol–water partition coefficient (Wildman–Crippen LogP) is 7.21. The van der Waals surface area contributed by atoms with Gasteiger partial charge in [0, 0.05) is 40.6 Å². The monoisotopic (exact) mass is 653 g/mol. The lowest BCUT2D eigenvalue weighted by molar-refractivity contribution is -0.384. The summed E-state index contributed by atoms with van der Waals surface area (Å²) in [5, 5.41) is 12.3. The minimum atomic E-state index is -0.858. The summed E-state index contributed by atoms with van der Waals surface area (Å²) in [6.45, 7) is 3.13. The van der Waals surface area contributed by atoms with Gasteiger partial charge in [0.1, 0.15) is 29.1 Å². The summed E-state index contributed by atoms with van der Waals surface area (Å²) in [6, 6.07) is 15.0. The number of furan rings is 2. The van der Waals surface area contributed by atoms with E-state index in [0.717, 1.165) is 11.3 Å². The quantitative estimate of drug-likeness (QED) is 0.141. The minimum Gasteiger partial charge on any atom is -0.458 e. The maximum absolute atomic E-state index is 13.8. The van der Waals surface area contributed by atoms with Crippen LogP contribution in [0.2, 0.25) is 15.1 Å². The third kappa shape index (κ3) is 5.27. The summed E-state index contributed by atoms with van der Waals surface area (Å²) < 4.78 is 13.8. The number of thiazole rings is 1. The molecule has 3 aromatic heterocycles. The number of allylic oxidation sites excluding steroid dienone is 2. The van der Waals surface area contributed by atoms with E-state index in [0.29, 0.717) is 64.8 Å². The smallest absolute Gasteiger partial charge is 0.271 e. The number of nitrogens with zero attached hydrogens (tertiary/aromatic N) is 3. The van der Waals surface area contributed by atoms with Gasteiger partial charge < -0.3 is 8.83 Å². The van der Waals surface area contributed by atoms with Crippen molar-refractivity contribution in [3.05, 3.63) is 128 Å². The second-order valence-corrected chi connectivity index (χ2v) is 11.8. The highest BCUT2D eigenvalue weighted by Crippen LogP contribution is 2.36. The van der Waals surface area contributed by atoms with Crippen LogP contribution < -0.4 is 14.9 Å². The molecule has 0 unspecified atom stereocenters. The van der Waals surface area contributed by atoms with Crippen molar-refractivity contribution < 1.29 is 18.6 Å². The summed E-state index contributed by atoms with van der Waals surface area (Å²) in [6.07, 6.45) is 1.55. The van der Waals surface area contributed by atoms with Gasteiger partial charge in [0.25, 0.3) is 11.2 Å². The van der Waals surface area contributed by atoms with Gasteiger partial charge in [0.05, 0.1) is 24.5 Å². The maximum Gasteiger partial charge on any atom is 0.271 e. The number of Topliss-reactive ketones (excluding diaryl/α,β-unsaturated/α-hetero) is 1. The molecule has 4 heterocycles.